The quantitative estimate of drug-likeness (QED) is 0.795. The van der Waals surface area contributed by atoms with Crippen LogP contribution in [0.15, 0.2) is 4.99 Å². The second kappa shape index (κ2) is 4.64. The van der Waals surface area contributed by atoms with Crippen molar-refractivity contribution >= 4 is 5.96 Å². The van der Waals surface area contributed by atoms with Crippen molar-refractivity contribution in [2.75, 3.05) is 6.54 Å². The third kappa shape index (κ3) is 1.80. The molecule has 0 aromatic carbocycles. The van der Waals surface area contributed by atoms with Crippen LogP contribution in [0.4, 0.5) is 0 Å². The predicted octanol–water partition coefficient (Wildman–Crippen LogP) is 2.51. The van der Waals surface area contributed by atoms with Crippen LogP contribution in [-0.2, 0) is 0 Å². The van der Waals surface area contributed by atoms with Gasteiger partial charge in [0.1, 0.15) is 0 Å². The highest BCUT2D eigenvalue weighted by atomic mass is 15.4. The van der Waals surface area contributed by atoms with Gasteiger partial charge < -0.3 is 10.6 Å². The number of aliphatic imine (C=N–C) groups is 1. The van der Waals surface area contributed by atoms with E-state index in [1.807, 2.05) is 0 Å². The molecule has 1 atom stereocenters. The average Bonchev–Trinajstić information content (AvgIpc) is 2.88. The summed E-state index contributed by atoms with van der Waals surface area (Å²) in [6.07, 6.45) is 8.95. The van der Waals surface area contributed by atoms with Gasteiger partial charge in [0.25, 0.3) is 0 Å². The van der Waals surface area contributed by atoms with Crippen molar-refractivity contribution in [3.05, 3.63) is 0 Å². The first-order valence-electron chi connectivity index (χ1n) is 6.83. The van der Waals surface area contributed by atoms with Crippen LogP contribution in [0, 0.1) is 0 Å². The zero-order chi connectivity index (χ0) is 11.6. The number of hydrogen-bond acceptors (Lipinski definition) is 3. The minimum atomic E-state index is 0.244. The first kappa shape index (κ1) is 11.7. The Kier molecular flexibility index (Phi) is 3.41. The molecule has 2 rings (SSSR count). The summed E-state index contributed by atoms with van der Waals surface area (Å²) >= 11 is 0. The van der Waals surface area contributed by atoms with E-state index < -0.39 is 0 Å². The lowest BCUT2D eigenvalue weighted by Crippen LogP contribution is -2.55. The lowest BCUT2D eigenvalue weighted by molar-refractivity contribution is 0.132. The van der Waals surface area contributed by atoms with Gasteiger partial charge in [-0.15, -0.1) is 0 Å². The van der Waals surface area contributed by atoms with E-state index in [9.17, 15) is 0 Å². The van der Waals surface area contributed by atoms with E-state index in [1.54, 1.807) is 0 Å². The average molecular weight is 223 g/mol. The molecule has 1 aliphatic heterocycles. The molecule has 0 aromatic heterocycles. The lowest BCUT2D eigenvalue weighted by Gasteiger charge is -2.42. The van der Waals surface area contributed by atoms with Crippen LogP contribution < -0.4 is 5.73 Å². The molecule has 16 heavy (non-hydrogen) atoms. The SMILES string of the molecule is CCCC1(CC)CN=C(N)N1C1CCCC1. The second-order valence-electron chi connectivity index (χ2n) is 5.31. The maximum Gasteiger partial charge on any atom is 0.192 e. The fourth-order valence-corrected chi connectivity index (χ4v) is 3.48. The van der Waals surface area contributed by atoms with Crippen molar-refractivity contribution in [2.45, 2.75) is 70.4 Å². The number of guanidine groups is 1. The van der Waals surface area contributed by atoms with E-state index in [4.69, 9.17) is 5.73 Å². The molecule has 1 fully saturated rings. The first-order chi connectivity index (χ1) is 7.73. The van der Waals surface area contributed by atoms with Crippen LogP contribution in [0.2, 0.25) is 0 Å². The molecule has 0 aromatic rings. The Morgan fingerprint density at radius 1 is 1.38 bits per heavy atom. The maximum atomic E-state index is 6.12. The van der Waals surface area contributed by atoms with Crippen LogP contribution in [0.25, 0.3) is 0 Å². The Hall–Kier alpha value is -0.730. The van der Waals surface area contributed by atoms with Gasteiger partial charge in [-0.1, -0.05) is 33.1 Å². The highest BCUT2D eigenvalue weighted by Crippen LogP contribution is 2.37. The zero-order valence-electron chi connectivity index (χ0n) is 10.7. The molecule has 1 unspecified atom stereocenters. The third-order valence-electron chi connectivity index (χ3n) is 4.36. The fourth-order valence-electron chi connectivity index (χ4n) is 3.48. The minimum absolute atomic E-state index is 0.244. The normalized spacial score (nSPS) is 31.1. The third-order valence-corrected chi connectivity index (χ3v) is 4.36. The van der Waals surface area contributed by atoms with Gasteiger partial charge in [0, 0.05) is 6.04 Å². The zero-order valence-corrected chi connectivity index (χ0v) is 10.7. The predicted molar refractivity (Wildman–Crippen MR) is 68.5 cm³/mol. The lowest BCUT2D eigenvalue weighted by atomic mass is 9.88. The monoisotopic (exact) mass is 223 g/mol. The van der Waals surface area contributed by atoms with E-state index in [0.29, 0.717) is 6.04 Å². The van der Waals surface area contributed by atoms with E-state index in [0.717, 1.165) is 12.5 Å². The molecular weight excluding hydrogens is 198 g/mol. The van der Waals surface area contributed by atoms with E-state index in [1.165, 1.54) is 44.9 Å². The molecule has 3 heteroatoms. The van der Waals surface area contributed by atoms with Gasteiger partial charge in [0.15, 0.2) is 5.96 Å². The standard InChI is InChI=1S/C13H25N3/c1-3-9-13(4-2)10-15-12(14)16(13)11-7-5-6-8-11/h11H,3-10H2,1-2H3,(H2,14,15). The molecule has 1 aliphatic carbocycles. The Labute approximate surface area is 99.1 Å². The summed E-state index contributed by atoms with van der Waals surface area (Å²) in [7, 11) is 0. The van der Waals surface area contributed by atoms with Crippen LogP contribution in [-0.4, -0.2) is 29.0 Å². The molecular formula is C13H25N3. The number of hydrogen-bond donors (Lipinski definition) is 1. The minimum Gasteiger partial charge on any atom is -0.370 e. The largest absolute Gasteiger partial charge is 0.370 e. The molecule has 0 saturated heterocycles. The molecule has 92 valence electrons. The Bertz CT molecular complexity index is 268. The summed E-state index contributed by atoms with van der Waals surface area (Å²) in [6, 6.07) is 0.665. The van der Waals surface area contributed by atoms with Gasteiger partial charge in [-0.3, -0.25) is 4.99 Å². The van der Waals surface area contributed by atoms with Crippen LogP contribution in [0.5, 0.6) is 0 Å². The molecule has 2 aliphatic rings. The van der Waals surface area contributed by atoms with E-state index in [2.05, 4.69) is 23.7 Å². The maximum absolute atomic E-state index is 6.12. The Balaban J connectivity index is 2.18. The van der Waals surface area contributed by atoms with Gasteiger partial charge in [0.2, 0.25) is 0 Å². The summed E-state index contributed by atoms with van der Waals surface area (Å²) < 4.78 is 0. The second-order valence-corrected chi connectivity index (χ2v) is 5.31. The van der Waals surface area contributed by atoms with Crippen LogP contribution in [0.1, 0.15) is 58.8 Å². The highest BCUT2D eigenvalue weighted by Gasteiger charge is 2.43. The van der Waals surface area contributed by atoms with E-state index >= 15 is 0 Å². The van der Waals surface area contributed by atoms with Gasteiger partial charge in [-0.25, -0.2) is 0 Å². The van der Waals surface area contributed by atoms with Gasteiger partial charge in [0.05, 0.1) is 12.1 Å². The summed E-state index contributed by atoms with van der Waals surface area (Å²) in [4.78, 5) is 7.00. The Morgan fingerprint density at radius 3 is 2.62 bits per heavy atom. The molecule has 1 heterocycles. The molecule has 0 amide bonds. The van der Waals surface area contributed by atoms with Gasteiger partial charge >= 0.3 is 0 Å². The van der Waals surface area contributed by atoms with Crippen molar-refractivity contribution in [1.82, 2.24) is 4.90 Å². The molecule has 2 N–H and O–H groups in total. The summed E-state index contributed by atoms with van der Waals surface area (Å²) in [5.74, 6) is 0.808. The van der Waals surface area contributed by atoms with Crippen molar-refractivity contribution in [3.8, 4) is 0 Å². The molecule has 0 bridgehead atoms. The Morgan fingerprint density at radius 2 is 2.06 bits per heavy atom. The van der Waals surface area contributed by atoms with Crippen LogP contribution >= 0.6 is 0 Å². The molecule has 1 saturated carbocycles. The van der Waals surface area contributed by atoms with Gasteiger partial charge in [-0.2, -0.15) is 0 Å². The molecule has 0 radical (unpaired) electrons. The van der Waals surface area contributed by atoms with Gasteiger partial charge in [-0.05, 0) is 25.7 Å². The number of rotatable bonds is 4. The van der Waals surface area contributed by atoms with E-state index in [-0.39, 0.29) is 5.54 Å². The fraction of sp³-hybridized carbons (Fsp3) is 0.923. The number of nitrogens with zero attached hydrogens (tertiary/aromatic N) is 2. The topological polar surface area (TPSA) is 41.6 Å². The smallest absolute Gasteiger partial charge is 0.192 e. The van der Waals surface area contributed by atoms with Crippen LogP contribution in [0.3, 0.4) is 0 Å². The highest BCUT2D eigenvalue weighted by molar-refractivity contribution is 5.81. The summed E-state index contributed by atoms with van der Waals surface area (Å²) in [5, 5.41) is 0. The van der Waals surface area contributed by atoms with Crippen molar-refractivity contribution in [2.24, 2.45) is 10.7 Å². The summed E-state index contributed by atoms with van der Waals surface area (Å²) in [6.45, 7) is 5.46. The molecule has 3 nitrogen and oxygen atoms in total. The number of nitrogens with two attached hydrogens (primary N) is 1. The van der Waals surface area contributed by atoms with Crippen molar-refractivity contribution in [3.63, 3.8) is 0 Å². The van der Waals surface area contributed by atoms with Crippen molar-refractivity contribution < 1.29 is 0 Å². The molecule has 0 spiro atoms. The van der Waals surface area contributed by atoms with Crippen molar-refractivity contribution in [1.29, 1.82) is 0 Å². The first-order valence-corrected chi connectivity index (χ1v) is 6.83. The summed E-state index contributed by atoms with van der Waals surface area (Å²) in [5.41, 5.74) is 6.36.